The van der Waals surface area contributed by atoms with E-state index in [0.717, 1.165) is 28.1 Å². The number of rotatable bonds is 5. The van der Waals surface area contributed by atoms with Crippen molar-refractivity contribution < 1.29 is 9.15 Å². The van der Waals surface area contributed by atoms with Crippen molar-refractivity contribution in [2.24, 2.45) is 0 Å². The highest BCUT2D eigenvalue weighted by molar-refractivity contribution is 5.80. The van der Waals surface area contributed by atoms with E-state index in [4.69, 9.17) is 9.15 Å². The molecule has 2 N–H and O–H groups in total. The zero-order valence-electron chi connectivity index (χ0n) is 15.1. The maximum Gasteiger partial charge on any atom is 0.227 e. The van der Waals surface area contributed by atoms with E-state index >= 15 is 0 Å². The number of hydrogen-bond acceptors (Lipinski definition) is 8. The fourth-order valence-corrected chi connectivity index (χ4v) is 2.75. The van der Waals surface area contributed by atoms with Crippen molar-refractivity contribution in [3.8, 4) is 23.3 Å². The van der Waals surface area contributed by atoms with E-state index in [9.17, 15) is 5.26 Å². The van der Waals surface area contributed by atoms with Gasteiger partial charge >= 0.3 is 0 Å². The molecule has 0 bridgehead atoms. The number of nitrogens with zero attached hydrogens (tertiary/aromatic N) is 5. The molecular formula is C19H15N7O2. The van der Waals surface area contributed by atoms with E-state index < -0.39 is 0 Å². The fraction of sp³-hybridized carbons (Fsp3) is 0.105. The van der Waals surface area contributed by atoms with E-state index in [1.165, 1.54) is 6.20 Å². The molecule has 0 radical (unpaired) electrons. The van der Waals surface area contributed by atoms with Crippen LogP contribution in [0.2, 0.25) is 0 Å². The molecule has 0 aliphatic carbocycles. The van der Waals surface area contributed by atoms with Gasteiger partial charge in [0.2, 0.25) is 11.7 Å². The van der Waals surface area contributed by atoms with Gasteiger partial charge in [-0.25, -0.2) is 4.98 Å². The number of aromatic nitrogens is 5. The molecule has 4 rings (SSSR count). The van der Waals surface area contributed by atoms with Crippen LogP contribution in [-0.2, 0) is 0 Å². The molecular weight excluding hydrogens is 358 g/mol. The zero-order chi connectivity index (χ0) is 19.5. The van der Waals surface area contributed by atoms with Crippen LogP contribution in [0.4, 0.5) is 5.69 Å². The Morgan fingerprint density at radius 3 is 2.96 bits per heavy atom. The van der Waals surface area contributed by atoms with Crippen LogP contribution in [-0.4, -0.2) is 32.7 Å². The summed E-state index contributed by atoms with van der Waals surface area (Å²) in [6.07, 6.45) is 1.54. The summed E-state index contributed by atoms with van der Waals surface area (Å²) < 4.78 is 11.1. The van der Waals surface area contributed by atoms with Crippen LogP contribution < -0.4 is 10.1 Å². The van der Waals surface area contributed by atoms with Crippen LogP contribution in [0.15, 0.2) is 47.0 Å². The lowest BCUT2D eigenvalue weighted by Gasteiger charge is -2.09. The predicted octanol–water partition coefficient (Wildman–Crippen LogP) is 3.30. The molecule has 138 valence electrons. The van der Waals surface area contributed by atoms with Gasteiger partial charge in [-0.2, -0.15) is 10.5 Å². The predicted molar refractivity (Wildman–Crippen MR) is 102 cm³/mol. The monoisotopic (exact) mass is 373 g/mol. The molecule has 2 aromatic heterocycles. The van der Waals surface area contributed by atoms with Gasteiger partial charge in [0.25, 0.3) is 0 Å². The molecule has 4 aromatic rings. The normalized spacial score (nSPS) is 11.4. The molecule has 0 fully saturated rings. The molecule has 0 spiro atoms. The van der Waals surface area contributed by atoms with Gasteiger partial charge in [-0.3, -0.25) is 0 Å². The average molecular weight is 373 g/mol. The average Bonchev–Trinajstić information content (AvgIpc) is 3.38. The van der Waals surface area contributed by atoms with Crippen molar-refractivity contribution in [1.29, 1.82) is 5.26 Å². The van der Waals surface area contributed by atoms with Crippen LogP contribution in [0.3, 0.4) is 0 Å². The van der Waals surface area contributed by atoms with E-state index in [1.54, 1.807) is 7.11 Å². The third kappa shape index (κ3) is 3.14. The standard InChI is InChI=1S/C19H15N7O2/c1-11-14(19-22-16-8-13(27-2)6-7-17(16)28-19)4-3-5-15(11)21-10-12(9-20)18-23-25-26-24-18/h3-8,10,21H,1-2H3,(H,23,24,25,26). The third-order valence-corrected chi connectivity index (χ3v) is 4.24. The molecule has 9 nitrogen and oxygen atoms in total. The minimum atomic E-state index is 0.219. The number of hydrogen-bond donors (Lipinski definition) is 2. The number of nitriles is 1. The van der Waals surface area contributed by atoms with Gasteiger partial charge in [0.05, 0.1) is 7.11 Å². The van der Waals surface area contributed by atoms with Crippen LogP contribution in [0, 0.1) is 18.3 Å². The highest BCUT2D eigenvalue weighted by Gasteiger charge is 2.13. The summed E-state index contributed by atoms with van der Waals surface area (Å²) in [4.78, 5) is 4.57. The number of fused-ring (bicyclic) bond motifs is 1. The lowest BCUT2D eigenvalue weighted by Crippen LogP contribution is -1.96. The van der Waals surface area contributed by atoms with Crippen molar-refractivity contribution in [1.82, 2.24) is 25.6 Å². The topological polar surface area (TPSA) is 126 Å². The quantitative estimate of drug-likeness (QED) is 0.510. The molecule has 0 saturated heterocycles. The van der Waals surface area contributed by atoms with Crippen molar-refractivity contribution in [3.63, 3.8) is 0 Å². The maximum atomic E-state index is 9.29. The number of H-pyrrole nitrogens is 1. The number of ether oxygens (including phenoxy) is 1. The summed E-state index contributed by atoms with van der Waals surface area (Å²) in [7, 11) is 1.61. The molecule has 28 heavy (non-hydrogen) atoms. The SMILES string of the molecule is COc1ccc2oc(-c3cccc(NC=C(C#N)c4nn[nH]n4)c3C)nc2c1. The Balaban J connectivity index is 1.68. The molecule has 0 atom stereocenters. The molecule has 2 heterocycles. The number of allylic oxidation sites excluding steroid dienone is 1. The van der Waals surface area contributed by atoms with Gasteiger partial charge in [0.1, 0.15) is 22.9 Å². The first-order valence-corrected chi connectivity index (χ1v) is 8.35. The highest BCUT2D eigenvalue weighted by Crippen LogP contribution is 2.31. The Hall–Kier alpha value is -4.19. The Labute approximate surface area is 159 Å². The van der Waals surface area contributed by atoms with E-state index in [2.05, 4.69) is 30.9 Å². The van der Waals surface area contributed by atoms with Crippen molar-refractivity contribution in [3.05, 3.63) is 54.0 Å². The second-order valence-corrected chi connectivity index (χ2v) is 5.88. The minimum Gasteiger partial charge on any atom is -0.497 e. The van der Waals surface area contributed by atoms with Crippen molar-refractivity contribution >= 4 is 22.4 Å². The molecule has 9 heteroatoms. The number of nitrogens with one attached hydrogen (secondary N) is 2. The molecule has 0 saturated carbocycles. The first-order valence-electron chi connectivity index (χ1n) is 8.35. The number of aromatic amines is 1. The van der Waals surface area contributed by atoms with Crippen molar-refractivity contribution in [2.75, 3.05) is 12.4 Å². The smallest absolute Gasteiger partial charge is 0.227 e. The van der Waals surface area contributed by atoms with Gasteiger partial charge in [-0.05, 0) is 42.0 Å². The molecule has 0 aliphatic rings. The van der Waals surface area contributed by atoms with Gasteiger partial charge in [-0.15, -0.1) is 10.2 Å². The van der Waals surface area contributed by atoms with Gasteiger partial charge in [-0.1, -0.05) is 6.07 Å². The van der Waals surface area contributed by atoms with Crippen LogP contribution >= 0.6 is 0 Å². The second kappa shape index (κ2) is 7.20. The number of tetrazole rings is 1. The first kappa shape index (κ1) is 17.2. The summed E-state index contributed by atoms with van der Waals surface area (Å²) in [5, 5.41) is 25.8. The van der Waals surface area contributed by atoms with E-state index in [1.807, 2.05) is 49.4 Å². The van der Waals surface area contributed by atoms with Crippen LogP contribution in [0.5, 0.6) is 5.75 Å². The Kier molecular flexibility index (Phi) is 4.43. The first-order chi connectivity index (χ1) is 13.7. The molecule has 0 unspecified atom stereocenters. The number of benzene rings is 2. The number of methoxy groups -OCH3 is 1. The summed E-state index contributed by atoms with van der Waals surface area (Å²) in [5.41, 5.74) is 4.21. The Bertz CT molecular complexity index is 1200. The van der Waals surface area contributed by atoms with E-state index in [-0.39, 0.29) is 11.4 Å². The number of anilines is 1. The van der Waals surface area contributed by atoms with Gasteiger partial charge < -0.3 is 14.5 Å². The fourth-order valence-electron chi connectivity index (χ4n) is 2.75. The summed E-state index contributed by atoms with van der Waals surface area (Å²) in [6, 6.07) is 13.2. The van der Waals surface area contributed by atoms with Gasteiger partial charge in [0, 0.05) is 23.5 Å². The minimum absolute atomic E-state index is 0.219. The second-order valence-electron chi connectivity index (χ2n) is 5.88. The summed E-state index contributed by atoms with van der Waals surface area (Å²) >= 11 is 0. The molecule has 0 aliphatic heterocycles. The summed E-state index contributed by atoms with van der Waals surface area (Å²) in [5.74, 6) is 1.44. The Morgan fingerprint density at radius 2 is 2.21 bits per heavy atom. The van der Waals surface area contributed by atoms with E-state index in [0.29, 0.717) is 11.5 Å². The van der Waals surface area contributed by atoms with Crippen LogP contribution in [0.1, 0.15) is 11.4 Å². The lowest BCUT2D eigenvalue weighted by molar-refractivity contribution is 0.415. The zero-order valence-corrected chi connectivity index (χ0v) is 15.1. The molecule has 2 aromatic carbocycles. The largest absolute Gasteiger partial charge is 0.497 e. The number of oxazole rings is 1. The lowest BCUT2D eigenvalue weighted by atomic mass is 10.1. The Morgan fingerprint density at radius 1 is 1.32 bits per heavy atom. The summed E-state index contributed by atoms with van der Waals surface area (Å²) in [6.45, 7) is 1.95. The highest BCUT2D eigenvalue weighted by atomic mass is 16.5. The van der Waals surface area contributed by atoms with Crippen molar-refractivity contribution in [2.45, 2.75) is 6.92 Å². The van der Waals surface area contributed by atoms with Crippen LogP contribution in [0.25, 0.3) is 28.1 Å². The third-order valence-electron chi connectivity index (χ3n) is 4.24. The van der Waals surface area contributed by atoms with Gasteiger partial charge in [0.15, 0.2) is 5.58 Å². The maximum absolute atomic E-state index is 9.29. The molecule has 0 amide bonds.